The van der Waals surface area contributed by atoms with Crippen LogP contribution in [0.3, 0.4) is 0 Å². The molecule has 1 nitrogen and oxygen atoms in total. The Morgan fingerprint density at radius 2 is 1.58 bits per heavy atom. The van der Waals surface area contributed by atoms with E-state index < -0.39 is 8.07 Å². The summed E-state index contributed by atoms with van der Waals surface area (Å²) in [7, 11) is -1.47. The second-order valence-corrected chi connectivity index (χ2v) is 10.7. The largest absolute Gasteiger partial charge is 0.330 e. The first-order valence-electron chi connectivity index (χ1n) is 7.40. The van der Waals surface area contributed by atoms with Crippen molar-refractivity contribution in [2.45, 2.75) is 64.2 Å². The van der Waals surface area contributed by atoms with Gasteiger partial charge < -0.3 is 5.73 Å². The number of nitrogens with two attached hydrogens (primary N) is 1. The molecule has 0 radical (unpaired) electrons. The Hall–Kier alpha value is -0.313. The average Bonchev–Trinajstić information content (AvgIpc) is 2.39. The second-order valence-electron chi connectivity index (χ2n) is 5.90. The van der Waals surface area contributed by atoms with Crippen molar-refractivity contribution < 1.29 is 0 Å². The topological polar surface area (TPSA) is 26.0 Å². The third kappa shape index (κ3) is 6.11. The smallest absolute Gasteiger partial charge is 0.0980 e. The summed E-state index contributed by atoms with van der Waals surface area (Å²) >= 11 is 0. The Bertz CT molecular complexity index is 327. The fraction of sp³-hybridized carbons (Fsp3) is 0.625. The van der Waals surface area contributed by atoms with Gasteiger partial charge in [-0.3, -0.25) is 0 Å². The van der Waals surface area contributed by atoms with Crippen LogP contribution < -0.4 is 10.9 Å². The summed E-state index contributed by atoms with van der Waals surface area (Å²) in [4.78, 5) is 0. The highest BCUT2D eigenvalue weighted by Gasteiger charge is 2.30. The van der Waals surface area contributed by atoms with E-state index in [4.69, 9.17) is 5.73 Å². The van der Waals surface area contributed by atoms with Crippen LogP contribution in [0.25, 0.3) is 0 Å². The van der Waals surface area contributed by atoms with Gasteiger partial charge in [0.25, 0.3) is 0 Å². The van der Waals surface area contributed by atoms with Crippen LogP contribution in [0.1, 0.15) is 45.4 Å². The molecule has 1 atom stereocenters. The van der Waals surface area contributed by atoms with E-state index in [0.29, 0.717) is 5.67 Å². The normalized spacial score (nSPS) is 12.8. The van der Waals surface area contributed by atoms with Crippen molar-refractivity contribution in [3.63, 3.8) is 0 Å². The highest BCUT2D eigenvalue weighted by Crippen LogP contribution is 2.14. The lowest BCUT2D eigenvalue weighted by atomic mass is 10.1. The predicted octanol–water partition coefficient (Wildman–Crippen LogP) is 4.25. The molecular formula is C16H30ClNSi. The maximum Gasteiger partial charge on any atom is 0.0980 e. The van der Waals surface area contributed by atoms with Crippen molar-refractivity contribution in [1.29, 1.82) is 0 Å². The van der Waals surface area contributed by atoms with Gasteiger partial charge in [0, 0.05) is 5.67 Å². The number of hydrogen-bond donors (Lipinski definition) is 1. The first kappa shape index (κ1) is 18.7. The number of unbranched alkanes of at least 4 members (excludes halogenated alkanes) is 4. The summed E-state index contributed by atoms with van der Waals surface area (Å²) in [5.74, 6) is 0. The molecule has 1 unspecified atom stereocenters. The summed E-state index contributed by atoms with van der Waals surface area (Å²) in [5, 5.41) is 1.49. The van der Waals surface area contributed by atoms with Gasteiger partial charge in [-0.05, 0) is 6.42 Å². The fourth-order valence-electron chi connectivity index (χ4n) is 2.41. The molecule has 110 valence electrons. The van der Waals surface area contributed by atoms with Crippen molar-refractivity contribution in [3.8, 4) is 0 Å². The fourth-order valence-corrected chi connectivity index (χ4v) is 4.82. The molecule has 19 heavy (non-hydrogen) atoms. The lowest BCUT2D eigenvalue weighted by molar-refractivity contribution is 0.594. The molecule has 2 N–H and O–H groups in total. The molecule has 1 rings (SSSR count). The van der Waals surface area contributed by atoms with E-state index in [1.54, 1.807) is 0 Å². The Kier molecular flexibility index (Phi) is 9.41. The first-order chi connectivity index (χ1) is 8.59. The molecule has 0 saturated heterocycles. The third-order valence-electron chi connectivity index (χ3n) is 4.06. The minimum atomic E-state index is -1.47. The lowest BCUT2D eigenvalue weighted by Crippen LogP contribution is -2.56. The van der Waals surface area contributed by atoms with Crippen LogP contribution >= 0.6 is 12.4 Å². The third-order valence-corrected chi connectivity index (χ3v) is 8.03. The highest BCUT2D eigenvalue weighted by molar-refractivity contribution is 6.91. The van der Waals surface area contributed by atoms with Gasteiger partial charge in [0.05, 0.1) is 8.07 Å². The Morgan fingerprint density at radius 1 is 1.00 bits per heavy atom. The maximum absolute atomic E-state index is 6.46. The number of hydrogen-bond acceptors (Lipinski definition) is 1. The van der Waals surface area contributed by atoms with E-state index in [9.17, 15) is 0 Å². The molecule has 0 heterocycles. The van der Waals surface area contributed by atoms with Crippen LogP contribution in [0.4, 0.5) is 0 Å². The zero-order valence-corrected chi connectivity index (χ0v) is 14.5. The van der Waals surface area contributed by atoms with Crippen molar-refractivity contribution in [1.82, 2.24) is 0 Å². The van der Waals surface area contributed by atoms with Gasteiger partial charge in [0.2, 0.25) is 0 Å². The zero-order chi connectivity index (χ0) is 13.4. The number of rotatable bonds is 8. The Labute approximate surface area is 126 Å². The molecule has 0 amide bonds. The van der Waals surface area contributed by atoms with E-state index >= 15 is 0 Å². The molecule has 0 aromatic heterocycles. The molecule has 0 fully saturated rings. The van der Waals surface area contributed by atoms with E-state index in [1.807, 2.05) is 0 Å². The van der Waals surface area contributed by atoms with E-state index in [1.165, 1.54) is 43.7 Å². The van der Waals surface area contributed by atoms with Crippen molar-refractivity contribution in [2.24, 2.45) is 5.73 Å². The SMILES string of the molecule is CCCCCCCC(N)[Si](C)(C)c1ccccc1.Cl. The van der Waals surface area contributed by atoms with E-state index in [-0.39, 0.29) is 12.4 Å². The van der Waals surface area contributed by atoms with Gasteiger partial charge in [-0.15, -0.1) is 12.4 Å². The predicted molar refractivity (Wildman–Crippen MR) is 92.2 cm³/mol. The molecular weight excluding hydrogens is 270 g/mol. The molecule has 0 spiro atoms. The van der Waals surface area contributed by atoms with Gasteiger partial charge in [-0.2, -0.15) is 0 Å². The number of halogens is 1. The van der Waals surface area contributed by atoms with Crippen molar-refractivity contribution in [3.05, 3.63) is 30.3 Å². The molecule has 0 aliphatic carbocycles. The van der Waals surface area contributed by atoms with Crippen molar-refractivity contribution >= 4 is 25.7 Å². The van der Waals surface area contributed by atoms with Crippen LogP contribution in [0, 0.1) is 0 Å². The highest BCUT2D eigenvalue weighted by atomic mass is 35.5. The monoisotopic (exact) mass is 299 g/mol. The van der Waals surface area contributed by atoms with Gasteiger partial charge >= 0.3 is 0 Å². The van der Waals surface area contributed by atoms with Gasteiger partial charge in [-0.1, -0.05) is 87.6 Å². The van der Waals surface area contributed by atoms with Gasteiger partial charge in [0.15, 0.2) is 0 Å². The Balaban J connectivity index is 0.00000324. The number of benzene rings is 1. The van der Waals surface area contributed by atoms with Crippen LogP contribution in [-0.2, 0) is 0 Å². The Morgan fingerprint density at radius 3 is 2.16 bits per heavy atom. The summed E-state index contributed by atoms with van der Waals surface area (Å²) < 4.78 is 0. The first-order valence-corrected chi connectivity index (χ1v) is 10.5. The maximum atomic E-state index is 6.46. The quantitative estimate of drug-likeness (QED) is 0.563. The van der Waals surface area contributed by atoms with Crippen LogP contribution in [-0.4, -0.2) is 13.7 Å². The van der Waals surface area contributed by atoms with Crippen molar-refractivity contribution in [2.75, 3.05) is 0 Å². The summed E-state index contributed by atoms with van der Waals surface area (Å²) in [6.07, 6.45) is 7.89. The molecule has 1 aromatic rings. The van der Waals surface area contributed by atoms with E-state index in [2.05, 4.69) is 50.3 Å². The molecule has 3 heteroatoms. The second kappa shape index (κ2) is 9.57. The molecule has 0 aliphatic heterocycles. The molecule has 1 aromatic carbocycles. The standard InChI is InChI=1S/C16H29NSi.ClH/c1-4-5-6-7-11-14-16(17)18(2,3)15-12-9-8-10-13-15;/h8-10,12-13,16H,4-7,11,14,17H2,1-3H3;1H. The summed E-state index contributed by atoms with van der Waals surface area (Å²) in [6, 6.07) is 10.9. The molecule has 0 saturated carbocycles. The summed E-state index contributed by atoms with van der Waals surface area (Å²) in [5.41, 5.74) is 6.85. The minimum Gasteiger partial charge on any atom is -0.330 e. The van der Waals surface area contributed by atoms with Crippen LogP contribution in [0.2, 0.25) is 13.1 Å². The van der Waals surface area contributed by atoms with Gasteiger partial charge in [-0.25, -0.2) is 0 Å². The van der Waals surface area contributed by atoms with E-state index in [0.717, 1.165) is 0 Å². The molecule has 0 bridgehead atoms. The van der Waals surface area contributed by atoms with Gasteiger partial charge in [0.1, 0.15) is 0 Å². The average molecular weight is 300 g/mol. The minimum absolute atomic E-state index is 0. The van der Waals surface area contributed by atoms with Crippen LogP contribution in [0.15, 0.2) is 30.3 Å². The lowest BCUT2D eigenvalue weighted by Gasteiger charge is -2.30. The summed E-state index contributed by atoms with van der Waals surface area (Å²) in [6.45, 7) is 7.06. The van der Waals surface area contributed by atoms with Crippen LogP contribution in [0.5, 0.6) is 0 Å². The molecule has 0 aliphatic rings. The zero-order valence-electron chi connectivity index (χ0n) is 12.7.